The van der Waals surface area contributed by atoms with Crippen molar-refractivity contribution in [2.24, 2.45) is 0 Å². The Balaban J connectivity index is 2.39. The van der Waals surface area contributed by atoms with Crippen molar-refractivity contribution < 1.29 is 18.7 Å². The Bertz CT molecular complexity index is 362. The molecule has 17 heavy (non-hydrogen) atoms. The Hall–Kier alpha value is -0.780. The van der Waals surface area contributed by atoms with Gasteiger partial charge in [-0.25, -0.2) is 4.39 Å². The Labute approximate surface area is 108 Å². The number of rotatable bonds is 7. The topological polar surface area (TPSA) is 35.5 Å². The first-order valence-corrected chi connectivity index (χ1v) is 5.94. The molecule has 0 aliphatic carbocycles. The van der Waals surface area contributed by atoms with Crippen LogP contribution in [0.3, 0.4) is 0 Å². The van der Waals surface area contributed by atoms with Gasteiger partial charge in [0.1, 0.15) is 12.4 Å². The lowest BCUT2D eigenvalue weighted by molar-refractivity contribution is -0.123. The number of hydrogen-bond acceptors (Lipinski definition) is 3. The van der Waals surface area contributed by atoms with Crippen LogP contribution in [0.5, 0.6) is 0 Å². The standard InChI is InChI=1S/C12H14BrFO3/c1-16-2-3-17-8-12(15)6-9-4-10(13)7-11(14)5-9/h4-5,7H,2-3,6,8H2,1H3. The molecule has 0 radical (unpaired) electrons. The van der Waals surface area contributed by atoms with Crippen molar-refractivity contribution in [3.8, 4) is 0 Å². The molecular formula is C12H14BrFO3. The summed E-state index contributed by atoms with van der Waals surface area (Å²) < 4.78 is 23.5. The van der Waals surface area contributed by atoms with Crippen LogP contribution >= 0.6 is 15.9 Å². The van der Waals surface area contributed by atoms with Gasteiger partial charge in [-0.05, 0) is 23.8 Å². The fraction of sp³-hybridized carbons (Fsp3) is 0.417. The highest BCUT2D eigenvalue weighted by Crippen LogP contribution is 2.15. The summed E-state index contributed by atoms with van der Waals surface area (Å²) in [6, 6.07) is 4.41. The van der Waals surface area contributed by atoms with E-state index >= 15 is 0 Å². The zero-order chi connectivity index (χ0) is 12.7. The molecule has 0 bridgehead atoms. The molecule has 1 rings (SSSR count). The van der Waals surface area contributed by atoms with Gasteiger partial charge in [-0.1, -0.05) is 15.9 Å². The van der Waals surface area contributed by atoms with Crippen LogP contribution < -0.4 is 0 Å². The van der Waals surface area contributed by atoms with E-state index in [1.165, 1.54) is 12.1 Å². The third-order valence-electron chi connectivity index (χ3n) is 2.02. The predicted molar refractivity (Wildman–Crippen MR) is 65.5 cm³/mol. The Morgan fingerprint density at radius 1 is 1.35 bits per heavy atom. The third-order valence-corrected chi connectivity index (χ3v) is 2.48. The van der Waals surface area contributed by atoms with Crippen LogP contribution in [0.15, 0.2) is 22.7 Å². The largest absolute Gasteiger partial charge is 0.382 e. The average molecular weight is 305 g/mol. The van der Waals surface area contributed by atoms with E-state index < -0.39 is 0 Å². The van der Waals surface area contributed by atoms with Gasteiger partial charge in [0.25, 0.3) is 0 Å². The van der Waals surface area contributed by atoms with Gasteiger partial charge < -0.3 is 9.47 Å². The molecule has 0 amide bonds. The zero-order valence-electron chi connectivity index (χ0n) is 9.54. The highest BCUT2D eigenvalue weighted by molar-refractivity contribution is 9.10. The Morgan fingerprint density at radius 3 is 2.76 bits per heavy atom. The SMILES string of the molecule is COCCOCC(=O)Cc1cc(F)cc(Br)c1. The molecule has 0 heterocycles. The lowest BCUT2D eigenvalue weighted by atomic mass is 10.1. The van der Waals surface area contributed by atoms with E-state index in [1.54, 1.807) is 13.2 Å². The molecule has 0 unspecified atom stereocenters. The molecule has 3 nitrogen and oxygen atoms in total. The summed E-state index contributed by atoms with van der Waals surface area (Å²) in [6.45, 7) is 0.866. The van der Waals surface area contributed by atoms with Gasteiger partial charge in [-0.3, -0.25) is 4.79 Å². The smallest absolute Gasteiger partial charge is 0.162 e. The molecule has 0 saturated carbocycles. The molecule has 0 aliphatic rings. The van der Waals surface area contributed by atoms with E-state index in [4.69, 9.17) is 9.47 Å². The summed E-state index contributed by atoms with van der Waals surface area (Å²) in [5, 5.41) is 0. The minimum atomic E-state index is -0.359. The molecule has 0 atom stereocenters. The summed E-state index contributed by atoms with van der Waals surface area (Å²) >= 11 is 3.18. The van der Waals surface area contributed by atoms with Crippen LogP contribution in [0, 0.1) is 5.82 Å². The highest BCUT2D eigenvalue weighted by Gasteiger charge is 2.06. The molecule has 0 spiro atoms. The number of carbonyl (C=O) groups is 1. The third kappa shape index (κ3) is 5.91. The van der Waals surface area contributed by atoms with Crippen LogP contribution in [0.1, 0.15) is 5.56 Å². The Kier molecular flexibility index (Phi) is 6.32. The van der Waals surface area contributed by atoms with E-state index in [1.807, 2.05) is 0 Å². The molecule has 0 N–H and O–H groups in total. The minimum Gasteiger partial charge on any atom is -0.382 e. The summed E-state index contributed by atoms with van der Waals surface area (Å²) in [6.07, 6.45) is 0.170. The van der Waals surface area contributed by atoms with E-state index in [2.05, 4.69) is 15.9 Å². The van der Waals surface area contributed by atoms with Gasteiger partial charge in [0.05, 0.1) is 13.2 Å². The van der Waals surface area contributed by atoms with Crippen LogP contribution in [0.25, 0.3) is 0 Å². The maximum absolute atomic E-state index is 13.0. The predicted octanol–water partition coefficient (Wildman–Crippen LogP) is 2.36. The molecule has 0 saturated heterocycles. The molecule has 1 aromatic carbocycles. The van der Waals surface area contributed by atoms with Gasteiger partial charge in [0.15, 0.2) is 5.78 Å². The Morgan fingerprint density at radius 2 is 2.12 bits per heavy atom. The molecule has 0 aromatic heterocycles. The maximum Gasteiger partial charge on any atom is 0.162 e. The summed E-state index contributed by atoms with van der Waals surface area (Å²) in [5.74, 6) is -0.443. The van der Waals surface area contributed by atoms with Crippen LogP contribution in [-0.4, -0.2) is 32.7 Å². The molecule has 1 aromatic rings. The van der Waals surface area contributed by atoms with Crippen molar-refractivity contribution in [3.63, 3.8) is 0 Å². The normalized spacial score (nSPS) is 10.5. The van der Waals surface area contributed by atoms with E-state index in [-0.39, 0.29) is 24.6 Å². The van der Waals surface area contributed by atoms with Gasteiger partial charge in [0.2, 0.25) is 0 Å². The first-order valence-electron chi connectivity index (χ1n) is 5.15. The molecule has 0 fully saturated rings. The van der Waals surface area contributed by atoms with Gasteiger partial charge in [-0.15, -0.1) is 0 Å². The number of hydrogen-bond donors (Lipinski definition) is 0. The monoisotopic (exact) mass is 304 g/mol. The number of halogens is 2. The summed E-state index contributed by atoms with van der Waals surface area (Å²) in [5.41, 5.74) is 0.636. The molecular weight excluding hydrogens is 291 g/mol. The molecule has 0 aliphatic heterocycles. The molecule has 5 heteroatoms. The average Bonchev–Trinajstić information content (AvgIpc) is 2.23. The maximum atomic E-state index is 13.0. The van der Waals surface area contributed by atoms with Gasteiger partial charge >= 0.3 is 0 Å². The number of Topliss-reactive ketones (excluding diaryl/α,β-unsaturated/α-hetero) is 1. The number of ketones is 1. The van der Waals surface area contributed by atoms with Crippen molar-refractivity contribution in [2.75, 3.05) is 26.9 Å². The number of carbonyl (C=O) groups excluding carboxylic acids is 1. The lowest BCUT2D eigenvalue weighted by Crippen LogP contribution is -2.14. The van der Waals surface area contributed by atoms with Gasteiger partial charge in [0, 0.05) is 18.0 Å². The first kappa shape index (κ1) is 14.3. The zero-order valence-corrected chi connectivity index (χ0v) is 11.1. The van der Waals surface area contributed by atoms with E-state index in [9.17, 15) is 9.18 Å². The van der Waals surface area contributed by atoms with Crippen molar-refractivity contribution >= 4 is 21.7 Å². The van der Waals surface area contributed by atoms with E-state index in [0.29, 0.717) is 23.2 Å². The number of benzene rings is 1. The summed E-state index contributed by atoms with van der Waals surface area (Å²) in [7, 11) is 1.56. The van der Waals surface area contributed by atoms with E-state index in [0.717, 1.165) is 0 Å². The van der Waals surface area contributed by atoms with Gasteiger partial charge in [-0.2, -0.15) is 0 Å². The highest BCUT2D eigenvalue weighted by atomic mass is 79.9. The van der Waals surface area contributed by atoms with Crippen molar-refractivity contribution in [1.29, 1.82) is 0 Å². The van der Waals surface area contributed by atoms with Crippen LogP contribution in [0.4, 0.5) is 4.39 Å². The van der Waals surface area contributed by atoms with Crippen molar-refractivity contribution in [3.05, 3.63) is 34.1 Å². The second kappa shape index (κ2) is 7.53. The quantitative estimate of drug-likeness (QED) is 0.726. The second-order valence-electron chi connectivity index (χ2n) is 3.54. The minimum absolute atomic E-state index is 0.0253. The number of ether oxygens (including phenoxy) is 2. The molecule has 94 valence electrons. The van der Waals surface area contributed by atoms with Crippen LogP contribution in [0.2, 0.25) is 0 Å². The number of methoxy groups -OCH3 is 1. The fourth-order valence-electron chi connectivity index (χ4n) is 1.32. The fourth-order valence-corrected chi connectivity index (χ4v) is 1.83. The summed E-state index contributed by atoms with van der Waals surface area (Å²) in [4.78, 5) is 11.5. The second-order valence-corrected chi connectivity index (χ2v) is 4.45. The van der Waals surface area contributed by atoms with Crippen molar-refractivity contribution in [1.82, 2.24) is 0 Å². The lowest BCUT2D eigenvalue weighted by Gasteiger charge is -2.04. The van der Waals surface area contributed by atoms with Crippen LogP contribution in [-0.2, 0) is 20.7 Å². The van der Waals surface area contributed by atoms with Crippen molar-refractivity contribution in [2.45, 2.75) is 6.42 Å². The first-order chi connectivity index (χ1) is 8.11.